The number of hydrogen-bond donors (Lipinski definition) is 2. The summed E-state index contributed by atoms with van der Waals surface area (Å²) in [5.41, 5.74) is 7.33. The molecule has 0 aliphatic heterocycles. The summed E-state index contributed by atoms with van der Waals surface area (Å²) >= 11 is 0. The fourth-order valence-corrected chi connectivity index (χ4v) is 1.31. The largest absolute Gasteiger partial charge is 0.391 e. The van der Waals surface area contributed by atoms with Crippen LogP contribution >= 0.6 is 0 Å². The summed E-state index contributed by atoms with van der Waals surface area (Å²) in [6.45, 7) is 4.64. The molecule has 0 aliphatic carbocycles. The Morgan fingerprint density at radius 3 is 2.77 bits per heavy atom. The zero-order valence-electron chi connectivity index (χ0n) is 8.06. The summed E-state index contributed by atoms with van der Waals surface area (Å²) in [5, 5.41) is 17.0. The van der Waals surface area contributed by atoms with Crippen LogP contribution in [0.1, 0.15) is 25.2 Å². The van der Waals surface area contributed by atoms with E-state index in [-0.39, 0.29) is 0 Å². The van der Waals surface area contributed by atoms with Gasteiger partial charge in [0.05, 0.1) is 24.0 Å². The first-order chi connectivity index (χ1) is 6.19. The van der Waals surface area contributed by atoms with E-state index in [0.29, 0.717) is 13.1 Å². The smallest absolute Gasteiger partial charge is 0.0994 e. The number of hydrogen-bond acceptors (Lipinski definition) is 4. The topological polar surface area (TPSA) is 77.0 Å². The van der Waals surface area contributed by atoms with Gasteiger partial charge in [0.2, 0.25) is 0 Å². The summed E-state index contributed by atoms with van der Waals surface area (Å²) in [6, 6.07) is 0. The van der Waals surface area contributed by atoms with Gasteiger partial charge in [-0.15, -0.1) is 5.10 Å². The highest BCUT2D eigenvalue weighted by Gasteiger charge is 2.10. The van der Waals surface area contributed by atoms with Gasteiger partial charge in [-0.1, -0.05) is 12.1 Å². The van der Waals surface area contributed by atoms with Crippen LogP contribution in [-0.2, 0) is 19.5 Å². The van der Waals surface area contributed by atoms with Crippen molar-refractivity contribution >= 4 is 0 Å². The molecule has 0 saturated carbocycles. The van der Waals surface area contributed by atoms with Crippen molar-refractivity contribution in [3.63, 3.8) is 0 Å². The molecular weight excluding hydrogens is 168 g/mol. The Morgan fingerprint density at radius 2 is 2.31 bits per heavy atom. The molecule has 0 aromatic carbocycles. The Morgan fingerprint density at radius 1 is 1.62 bits per heavy atom. The molecule has 0 spiro atoms. The maximum Gasteiger partial charge on any atom is 0.0994 e. The molecule has 0 saturated heterocycles. The lowest BCUT2D eigenvalue weighted by atomic mass is 10.2. The van der Waals surface area contributed by atoms with E-state index in [0.717, 1.165) is 17.8 Å². The fraction of sp³-hybridized carbons (Fsp3) is 0.750. The molecule has 0 bridgehead atoms. The van der Waals surface area contributed by atoms with Gasteiger partial charge in [-0.2, -0.15) is 0 Å². The van der Waals surface area contributed by atoms with Crippen molar-refractivity contribution in [3.05, 3.63) is 11.4 Å². The number of nitrogens with zero attached hydrogens (tertiary/aromatic N) is 3. The Hall–Kier alpha value is -0.940. The minimum Gasteiger partial charge on any atom is -0.391 e. The third-order valence-electron chi connectivity index (χ3n) is 1.88. The van der Waals surface area contributed by atoms with Gasteiger partial charge in [-0.3, -0.25) is 0 Å². The molecule has 1 rings (SSSR count). The first-order valence-electron chi connectivity index (χ1n) is 4.48. The number of aliphatic hydroxyl groups is 1. The lowest BCUT2D eigenvalue weighted by molar-refractivity contribution is 0.166. The van der Waals surface area contributed by atoms with Gasteiger partial charge < -0.3 is 10.8 Å². The van der Waals surface area contributed by atoms with Crippen LogP contribution in [-0.4, -0.2) is 26.2 Å². The van der Waals surface area contributed by atoms with Crippen LogP contribution in [0.4, 0.5) is 0 Å². The van der Waals surface area contributed by atoms with Crippen LogP contribution < -0.4 is 5.73 Å². The Balaban J connectivity index is 2.87. The molecule has 1 atom stereocenters. The molecule has 1 aromatic heterocycles. The van der Waals surface area contributed by atoms with Gasteiger partial charge in [0.1, 0.15) is 0 Å². The molecule has 1 aromatic rings. The average Bonchev–Trinajstić information content (AvgIpc) is 2.45. The maximum absolute atomic E-state index is 9.19. The Bertz CT molecular complexity index is 269. The van der Waals surface area contributed by atoms with Crippen LogP contribution in [0.15, 0.2) is 0 Å². The quantitative estimate of drug-likeness (QED) is 0.672. The first kappa shape index (κ1) is 10.1. The predicted molar refractivity (Wildman–Crippen MR) is 49.0 cm³/mol. The molecule has 0 fully saturated rings. The van der Waals surface area contributed by atoms with Crippen molar-refractivity contribution < 1.29 is 5.11 Å². The van der Waals surface area contributed by atoms with E-state index in [4.69, 9.17) is 5.73 Å². The van der Waals surface area contributed by atoms with E-state index in [9.17, 15) is 5.11 Å². The number of nitrogens with two attached hydrogens (primary N) is 1. The zero-order chi connectivity index (χ0) is 9.84. The molecule has 1 heterocycles. The zero-order valence-corrected chi connectivity index (χ0v) is 8.06. The molecular formula is C8H16N4O. The minimum atomic E-state index is -0.405. The lowest BCUT2D eigenvalue weighted by Crippen LogP contribution is -2.15. The summed E-state index contributed by atoms with van der Waals surface area (Å²) in [6.07, 6.45) is 0.435. The van der Waals surface area contributed by atoms with Crippen LogP contribution in [0.25, 0.3) is 0 Å². The third kappa shape index (κ3) is 2.26. The van der Waals surface area contributed by atoms with Crippen molar-refractivity contribution in [3.8, 4) is 0 Å². The number of aliphatic hydroxyl groups excluding tert-OH is 1. The highest BCUT2D eigenvalue weighted by atomic mass is 16.3. The van der Waals surface area contributed by atoms with Crippen LogP contribution in [0.5, 0.6) is 0 Å². The molecule has 1 unspecified atom stereocenters. The van der Waals surface area contributed by atoms with Gasteiger partial charge in [-0.05, 0) is 13.3 Å². The summed E-state index contributed by atoms with van der Waals surface area (Å²) < 4.78 is 1.72. The van der Waals surface area contributed by atoms with E-state index in [1.807, 2.05) is 6.92 Å². The predicted octanol–water partition coefficient (Wildman–Crippen LogP) is -0.320. The van der Waals surface area contributed by atoms with E-state index in [1.54, 1.807) is 11.6 Å². The van der Waals surface area contributed by atoms with Crippen molar-refractivity contribution in [2.75, 3.05) is 0 Å². The van der Waals surface area contributed by atoms with Gasteiger partial charge in [-0.25, -0.2) is 4.68 Å². The summed E-state index contributed by atoms with van der Waals surface area (Å²) in [5.74, 6) is 0. The molecule has 5 nitrogen and oxygen atoms in total. The second-order valence-electron chi connectivity index (χ2n) is 3.07. The van der Waals surface area contributed by atoms with E-state index >= 15 is 0 Å². The normalized spacial score (nSPS) is 13.2. The molecule has 0 aliphatic rings. The van der Waals surface area contributed by atoms with Gasteiger partial charge in [0, 0.05) is 6.54 Å². The monoisotopic (exact) mass is 184 g/mol. The highest BCUT2D eigenvalue weighted by molar-refractivity contribution is 5.09. The first-order valence-corrected chi connectivity index (χ1v) is 4.48. The van der Waals surface area contributed by atoms with Crippen LogP contribution in [0, 0.1) is 0 Å². The van der Waals surface area contributed by atoms with Crippen molar-refractivity contribution in [1.82, 2.24) is 15.0 Å². The number of rotatable bonds is 4. The molecule has 3 N–H and O–H groups in total. The average molecular weight is 184 g/mol. The Kier molecular flexibility index (Phi) is 3.39. The molecule has 13 heavy (non-hydrogen) atoms. The number of aromatic nitrogens is 3. The molecule has 0 radical (unpaired) electrons. The second kappa shape index (κ2) is 4.34. The van der Waals surface area contributed by atoms with Crippen molar-refractivity contribution in [2.24, 2.45) is 5.73 Å². The Labute approximate surface area is 77.6 Å². The SMILES string of the molecule is CCc1c(CN)nnn1CC(C)O. The van der Waals surface area contributed by atoms with Gasteiger partial charge in [0.25, 0.3) is 0 Å². The van der Waals surface area contributed by atoms with E-state index in [2.05, 4.69) is 10.3 Å². The molecule has 74 valence electrons. The fourth-order valence-electron chi connectivity index (χ4n) is 1.31. The van der Waals surface area contributed by atoms with Crippen LogP contribution in [0.2, 0.25) is 0 Å². The van der Waals surface area contributed by atoms with Crippen molar-refractivity contribution in [1.29, 1.82) is 0 Å². The second-order valence-corrected chi connectivity index (χ2v) is 3.07. The molecule has 5 heteroatoms. The lowest BCUT2D eigenvalue weighted by Gasteiger charge is -2.06. The summed E-state index contributed by atoms with van der Waals surface area (Å²) in [4.78, 5) is 0. The van der Waals surface area contributed by atoms with Crippen LogP contribution in [0.3, 0.4) is 0 Å². The maximum atomic E-state index is 9.19. The van der Waals surface area contributed by atoms with Gasteiger partial charge in [0.15, 0.2) is 0 Å². The highest BCUT2D eigenvalue weighted by Crippen LogP contribution is 2.06. The van der Waals surface area contributed by atoms with E-state index < -0.39 is 6.10 Å². The third-order valence-corrected chi connectivity index (χ3v) is 1.88. The summed E-state index contributed by atoms with van der Waals surface area (Å²) in [7, 11) is 0. The standard InChI is InChI=1S/C8H16N4O/c1-3-8-7(4-9)10-11-12(8)5-6(2)13/h6,13H,3-5,9H2,1-2H3. The van der Waals surface area contributed by atoms with E-state index in [1.165, 1.54) is 0 Å². The van der Waals surface area contributed by atoms with Gasteiger partial charge >= 0.3 is 0 Å². The molecule has 0 amide bonds. The van der Waals surface area contributed by atoms with Crippen molar-refractivity contribution in [2.45, 2.75) is 39.5 Å². The minimum absolute atomic E-state index is 0.405.